The molecule has 0 saturated heterocycles. The van der Waals surface area contributed by atoms with Crippen LogP contribution in [0.4, 0.5) is 5.13 Å². The fourth-order valence-corrected chi connectivity index (χ4v) is 4.16. The maximum Gasteiger partial charge on any atom is 0.306 e. The number of nitrogens with zero attached hydrogens (tertiary/aromatic N) is 2. The van der Waals surface area contributed by atoms with Gasteiger partial charge in [0.15, 0.2) is 0 Å². The van der Waals surface area contributed by atoms with Crippen molar-refractivity contribution in [1.82, 2.24) is 10.2 Å². The number of hydrogen-bond acceptors (Lipinski definition) is 5. The van der Waals surface area contributed by atoms with E-state index < -0.39 is 17.3 Å². The lowest BCUT2D eigenvalue weighted by atomic mass is 9.75. The minimum absolute atomic E-state index is 0.0819. The van der Waals surface area contributed by atoms with Crippen LogP contribution in [0.1, 0.15) is 70.2 Å². The second-order valence-corrected chi connectivity index (χ2v) is 7.74. The van der Waals surface area contributed by atoms with E-state index in [2.05, 4.69) is 22.4 Å². The van der Waals surface area contributed by atoms with Crippen LogP contribution in [-0.4, -0.2) is 27.2 Å². The highest BCUT2D eigenvalue weighted by atomic mass is 32.1. The SMILES string of the molecule is CCCCC(CC1(C(=O)Nc2nnc(CC)s2)CCCC1)C(=O)O. The van der Waals surface area contributed by atoms with Crippen LogP contribution in [0.5, 0.6) is 0 Å². The van der Waals surface area contributed by atoms with Crippen molar-refractivity contribution in [1.29, 1.82) is 0 Å². The van der Waals surface area contributed by atoms with Gasteiger partial charge in [0.1, 0.15) is 5.01 Å². The van der Waals surface area contributed by atoms with Crippen LogP contribution in [0.25, 0.3) is 0 Å². The predicted molar refractivity (Wildman–Crippen MR) is 94.1 cm³/mol. The second-order valence-electron chi connectivity index (χ2n) is 6.68. The molecule has 1 heterocycles. The molecule has 1 amide bonds. The van der Waals surface area contributed by atoms with Crippen molar-refractivity contribution in [2.45, 2.75) is 71.6 Å². The molecular formula is C17H27N3O3S. The van der Waals surface area contributed by atoms with Crippen LogP contribution in [0.15, 0.2) is 0 Å². The van der Waals surface area contributed by atoms with Gasteiger partial charge in [0.2, 0.25) is 11.0 Å². The maximum atomic E-state index is 12.9. The van der Waals surface area contributed by atoms with Gasteiger partial charge in [-0.2, -0.15) is 0 Å². The number of anilines is 1. The first-order chi connectivity index (χ1) is 11.5. The highest BCUT2D eigenvalue weighted by Gasteiger charge is 2.44. The quantitative estimate of drug-likeness (QED) is 0.703. The molecule has 24 heavy (non-hydrogen) atoms. The number of carboxylic acid groups (broad SMARTS) is 1. The molecule has 2 rings (SSSR count). The Labute approximate surface area is 147 Å². The molecule has 2 N–H and O–H groups in total. The predicted octanol–water partition coefficient (Wildman–Crippen LogP) is 3.88. The Morgan fingerprint density at radius 1 is 1.29 bits per heavy atom. The number of carboxylic acids is 1. The lowest BCUT2D eigenvalue weighted by molar-refractivity contribution is -0.144. The standard InChI is InChI=1S/C17H27N3O3S/c1-3-5-8-12(14(21)22)11-17(9-6-7-10-17)15(23)18-16-20-19-13(4-2)24-16/h12H,3-11H2,1-2H3,(H,21,22)(H,18,20,23). The highest BCUT2D eigenvalue weighted by molar-refractivity contribution is 7.15. The minimum atomic E-state index is -0.785. The van der Waals surface area contributed by atoms with E-state index >= 15 is 0 Å². The molecule has 0 aliphatic heterocycles. The first-order valence-corrected chi connectivity index (χ1v) is 9.69. The van der Waals surface area contributed by atoms with Crippen molar-refractivity contribution in [3.63, 3.8) is 0 Å². The number of nitrogens with one attached hydrogen (secondary N) is 1. The van der Waals surface area contributed by atoms with E-state index in [9.17, 15) is 14.7 Å². The summed E-state index contributed by atoms with van der Waals surface area (Å²) in [5, 5.41) is 21.9. The van der Waals surface area contributed by atoms with Gasteiger partial charge >= 0.3 is 5.97 Å². The van der Waals surface area contributed by atoms with Crippen LogP contribution >= 0.6 is 11.3 Å². The molecule has 0 bridgehead atoms. The molecule has 6 nitrogen and oxygen atoms in total. The van der Waals surface area contributed by atoms with Crippen molar-refractivity contribution >= 4 is 28.3 Å². The molecule has 1 atom stereocenters. The number of rotatable bonds is 9. The molecule has 1 aromatic heterocycles. The largest absolute Gasteiger partial charge is 0.481 e. The van der Waals surface area contributed by atoms with E-state index in [1.165, 1.54) is 11.3 Å². The second kappa shape index (κ2) is 8.55. The van der Waals surface area contributed by atoms with Crippen molar-refractivity contribution in [2.75, 3.05) is 5.32 Å². The molecule has 1 fully saturated rings. The molecule has 0 radical (unpaired) electrons. The van der Waals surface area contributed by atoms with Gasteiger partial charge in [0.05, 0.1) is 11.3 Å². The summed E-state index contributed by atoms with van der Waals surface area (Å²) < 4.78 is 0. The van der Waals surface area contributed by atoms with Gasteiger partial charge in [-0.25, -0.2) is 0 Å². The number of carbonyl (C=O) groups excluding carboxylic acids is 1. The van der Waals surface area contributed by atoms with Crippen LogP contribution in [-0.2, 0) is 16.0 Å². The molecule has 1 saturated carbocycles. The van der Waals surface area contributed by atoms with Gasteiger partial charge < -0.3 is 10.4 Å². The third-order valence-electron chi connectivity index (χ3n) is 4.92. The summed E-state index contributed by atoms with van der Waals surface area (Å²) in [7, 11) is 0. The molecule has 7 heteroatoms. The molecular weight excluding hydrogens is 326 g/mol. The fourth-order valence-electron chi connectivity index (χ4n) is 3.49. The zero-order valence-electron chi connectivity index (χ0n) is 14.5. The first kappa shape index (κ1) is 18.8. The number of unbranched alkanes of at least 4 members (excludes halogenated alkanes) is 1. The van der Waals surface area contributed by atoms with E-state index in [4.69, 9.17) is 0 Å². The summed E-state index contributed by atoms with van der Waals surface area (Å²) in [5.74, 6) is -1.32. The number of carbonyl (C=O) groups is 2. The number of amides is 1. The Kier molecular flexibility index (Phi) is 6.71. The Morgan fingerprint density at radius 3 is 2.54 bits per heavy atom. The summed E-state index contributed by atoms with van der Waals surface area (Å²) in [6, 6.07) is 0. The molecule has 1 aromatic rings. The maximum absolute atomic E-state index is 12.9. The Morgan fingerprint density at radius 2 is 2.00 bits per heavy atom. The van der Waals surface area contributed by atoms with Gasteiger partial charge in [-0.15, -0.1) is 10.2 Å². The Balaban J connectivity index is 2.10. The topological polar surface area (TPSA) is 92.2 Å². The van der Waals surface area contributed by atoms with E-state index in [0.717, 1.165) is 50.0 Å². The summed E-state index contributed by atoms with van der Waals surface area (Å²) in [4.78, 5) is 24.5. The Bertz CT molecular complexity index is 567. The number of aromatic nitrogens is 2. The minimum Gasteiger partial charge on any atom is -0.481 e. The van der Waals surface area contributed by atoms with E-state index in [0.29, 0.717) is 18.0 Å². The van der Waals surface area contributed by atoms with Crippen molar-refractivity contribution < 1.29 is 14.7 Å². The molecule has 1 aliphatic rings. The van der Waals surface area contributed by atoms with E-state index in [1.807, 2.05) is 6.92 Å². The fraction of sp³-hybridized carbons (Fsp3) is 0.765. The Hall–Kier alpha value is -1.50. The van der Waals surface area contributed by atoms with Gasteiger partial charge in [0.25, 0.3) is 0 Å². The van der Waals surface area contributed by atoms with Gasteiger partial charge in [-0.1, -0.05) is 50.9 Å². The van der Waals surface area contributed by atoms with E-state index in [1.54, 1.807) is 0 Å². The van der Waals surface area contributed by atoms with Crippen molar-refractivity contribution in [3.8, 4) is 0 Å². The summed E-state index contributed by atoms with van der Waals surface area (Å²) in [5.41, 5.74) is -0.575. The third-order valence-corrected chi connectivity index (χ3v) is 5.91. The zero-order valence-corrected chi connectivity index (χ0v) is 15.3. The smallest absolute Gasteiger partial charge is 0.306 e. The van der Waals surface area contributed by atoms with Crippen LogP contribution < -0.4 is 5.32 Å². The lowest BCUT2D eigenvalue weighted by Crippen LogP contribution is -2.37. The zero-order chi connectivity index (χ0) is 17.6. The highest BCUT2D eigenvalue weighted by Crippen LogP contribution is 2.45. The number of aryl methyl sites for hydroxylation is 1. The van der Waals surface area contributed by atoms with Gasteiger partial charge in [-0.05, 0) is 32.1 Å². The number of aliphatic carboxylic acids is 1. The van der Waals surface area contributed by atoms with Crippen molar-refractivity contribution in [2.24, 2.45) is 11.3 Å². The molecule has 1 unspecified atom stereocenters. The first-order valence-electron chi connectivity index (χ1n) is 8.87. The monoisotopic (exact) mass is 353 g/mol. The van der Waals surface area contributed by atoms with Crippen molar-refractivity contribution in [3.05, 3.63) is 5.01 Å². The molecule has 0 aromatic carbocycles. The van der Waals surface area contributed by atoms with Gasteiger partial charge in [-0.3, -0.25) is 9.59 Å². The third kappa shape index (κ3) is 4.53. The lowest BCUT2D eigenvalue weighted by Gasteiger charge is -2.30. The normalized spacial score (nSPS) is 17.6. The average Bonchev–Trinajstić information content (AvgIpc) is 3.21. The van der Waals surface area contributed by atoms with Crippen LogP contribution in [0, 0.1) is 11.3 Å². The van der Waals surface area contributed by atoms with Crippen LogP contribution in [0.2, 0.25) is 0 Å². The summed E-state index contributed by atoms with van der Waals surface area (Å²) in [6.07, 6.45) is 7.17. The van der Waals surface area contributed by atoms with Crippen LogP contribution in [0.3, 0.4) is 0 Å². The van der Waals surface area contributed by atoms with Gasteiger partial charge in [0, 0.05) is 0 Å². The molecule has 134 valence electrons. The molecule has 1 aliphatic carbocycles. The summed E-state index contributed by atoms with van der Waals surface area (Å²) in [6.45, 7) is 4.05. The molecule has 0 spiro atoms. The van der Waals surface area contributed by atoms with E-state index in [-0.39, 0.29) is 5.91 Å². The summed E-state index contributed by atoms with van der Waals surface area (Å²) >= 11 is 1.39. The number of hydrogen-bond donors (Lipinski definition) is 2. The average molecular weight is 353 g/mol.